The van der Waals surface area contributed by atoms with Gasteiger partial charge in [0, 0.05) is 32.0 Å². The molecule has 0 bridgehead atoms. The lowest BCUT2D eigenvalue weighted by Gasteiger charge is -2.27. The molecule has 3 atom stereocenters. The summed E-state index contributed by atoms with van der Waals surface area (Å²) in [6.45, 7) is 4.39. The summed E-state index contributed by atoms with van der Waals surface area (Å²) in [5.41, 5.74) is 0.734. The Morgan fingerprint density at radius 2 is 1.77 bits per heavy atom. The van der Waals surface area contributed by atoms with E-state index in [9.17, 15) is 18.8 Å². The minimum Gasteiger partial charge on any atom is -0.354 e. The number of rotatable bonds is 6. The Morgan fingerprint density at radius 3 is 2.40 bits per heavy atom. The van der Waals surface area contributed by atoms with Gasteiger partial charge in [-0.1, -0.05) is 19.1 Å². The van der Waals surface area contributed by atoms with Crippen LogP contribution < -0.4 is 10.6 Å². The molecular weight excluding hydrogens is 385 g/mol. The Kier molecular flexibility index (Phi) is 7.10. The number of hydrogen-bond donors (Lipinski definition) is 2. The van der Waals surface area contributed by atoms with Crippen molar-refractivity contribution in [1.29, 1.82) is 0 Å². The summed E-state index contributed by atoms with van der Waals surface area (Å²) in [6, 6.07) is 5.29. The zero-order chi connectivity index (χ0) is 21.8. The van der Waals surface area contributed by atoms with Crippen LogP contribution in [0.25, 0.3) is 0 Å². The Bertz CT molecular complexity index is 774. The number of amides is 3. The molecule has 7 heteroatoms. The fourth-order valence-corrected chi connectivity index (χ4v) is 4.54. The van der Waals surface area contributed by atoms with E-state index in [4.69, 9.17) is 0 Å². The second kappa shape index (κ2) is 9.58. The monoisotopic (exact) mass is 417 g/mol. The second-order valence-corrected chi connectivity index (χ2v) is 8.92. The van der Waals surface area contributed by atoms with Gasteiger partial charge in [-0.15, -0.1) is 0 Å². The number of nitrogens with one attached hydrogen (secondary N) is 2. The van der Waals surface area contributed by atoms with E-state index in [-0.39, 0.29) is 41.9 Å². The molecule has 1 saturated heterocycles. The summed E-state index contributed by atoms with van der Waals surface area (Å²) in [5.74, 6) is -0.439. The molecule has 6 nitrogen and oxygen atoms in total. The molecule has 0 unspecified atom stereocenters. The average molecular weight is 418 g/mol. The fraction of sp³-hybridized carbons (Fsp3) is 0.609. The summed E-state index contributed by atoms with van der Waals surface area (Å²) in [4.78, 5) is 39.1. The highest BCUT2D eigenvalue weighted by molar-refractivity contribution is 5.90. The molecule has 164 valence electrons. The molecule has 1 aliphatic heterocycles. The van der Waals surface area contributed by atoms with Gasteiger partial charge < -0.3 is 15.5 Å². The molecule has 3 amide bonds. The largest absolute Gasteiger partial charge is 0.354 e. The van der Waals surface area contributed by atoms with Gasteiger partial charge in [0.15, 0.2) is 0 Å². The van der Waals surface area contributed by atoms with E-state index in [0.29, 0.717) is 12.5 Å². The zero-order valence-corrected chi connectivity index (χ0v) is 18.0. The molecule has 1 saturated carbocycles. The normalized spacial score (nSPS) is 27.6. The van der Waals surface area contributed by atoms with Crippen molar-refractivity contribution in [1.82, 2.24) is 15.5 Å². The number of likely N-dealkylation sites (tertiary alicyclic amines) is 1. The Labute approximate surface area is 177 Å². The first kappa shape index (κ1) is 22.2. The van der Waals surface area contributed by atoms with Crippen molar-refractivity contribution in [2.75, 3.05) is 13.6 Å². The third kappa shape index (κ3) is 5.18. The highest BCUT2D eigenvalue weighted by Gasteiger charge is 2.42. The minimum atomic E-state index is -0.546. The summed E-state index contributed by atoms with van der Waals surface area (Å²) < 4.78 is 13.3. The lowest BCUT2D eigenvalue weighted by molar-refractivity contribution is -0.128. The van der Waals surface area contributed by atoms with E-state index in [1.54, 1.807) is 24.1 Å². The van der Waals surface area contributed by atoms with Crippen molar-refractivity contribution in [3.63, 3.8) is 0 Å². The van der Waals surface area contributed by atoms with Gasteiger partial charge in [0.05, 0.1) is 12.0 Å². The van der Waals surface area contributed by atoms with Crippen LogP contribution in [0, 0.1) is 23.6 Å². The van der Waals surface area contributed by atoms with Crippen molar-refractivity contribution in [2.45, 2.75) is 58.0 Å². The third-order valence-corrected chi connectivity index (χ3v) is 6.49. The van der Waals surface area contributed by atoms with Crippen LogP contribution in [0.4, 0.5) is 4.39 Å². The molecule has 30 heavy (non-hydrogen) atoms. The van der Waals surface area contributed by atoms with Gasteiger partial charge in [0.1, 0.15) is 5.82 Å². The predicted octanol–water partition coefficient (Wildman–Crippen LogP) is 2.79. The van der Waals surface area contributed by atoms with Crippen LogP contribution in [0.3, 0.4) is 0 Å². The smallest absolute Gasteiger partial charge is 0.226 e. The molecule has 2 aliphatic rings. The molecule has 0 aromatic heterocycles. The van der Waals surface area contributed by atoms with E-state index in [2.05, 4.69) is 17.6 Å². The summed E-state index contributed by atoms with van der Waals surface area (Å²) in [5, 5.41) is 5.89. The zero-order valence-electron chi connectivity index (χ0n) is 18.0. The van der Waals surface area contributed by atoms with E-state index < -0.39 is 12.0 Å². The standard InChI is InChI=1S/C23H32FN3O3/c1-14-4-6-17(7-5-14)22(29)26-15(2)13-25-23(30)19-12-20(28)27(3)21(19)16-8-10-18(24)11-9-16/h8-11,14-15,17,19,21H,4-7,12-13H2,1-3H3,(H,25,30)(H,26,29)/t14?,15-,17?,19+,21-/m0/s1. The van der Waals surface area contributed by atoms with Gasteiger partial charge in [-0.2, -0.15) is 0 Å². The number of carbonyl (C=O) groups is 3. The lowest BCUT2D eigenvalue weighted by atomic mass is 9.82. The van der Waals surface area contributed by atoms with Crippen LogP contribution in [0.15, 0.2) is 24.3 Å². The molecule has 1 aromatic carbocycles. The van der Waals surface area contributed by atoms with Gasteiger partial charge in [0.2, 0.25) is 17.7 Å². The van der Waals surface area contributed by atoms with Gasteiger partial charge in [-0.25, -0.2) is 4.39 Å². The summed E-state index contributed by atoms with van der Waals surface area (Å²) >= 11 is 0. The SMILES string of the molecule is CC1CCC(C(=O)N[C@@H](C)CNC(=O)[C@@H]2CC(=O)N(C)[C@H]2c2ccc(F)cc2)CC1. The van der Waals surface area contributed by atoms with Crippen LogP contribution in [0.2, 0.25) is 0 Å². The van der Waals surface area contributed by atoms with Crippen molar-refractivity contribution in [3.05, 3.63) is 35.6 Å². The fourth-order valence-electron chi connectivity index (χ4n) is 4.54. The number of nitrogens with zero attached hydrogens (tertiary/aromatic N) is 1. The molecule has 0 radical (unpaired) electrons. The van der Waals surface area contributed by atoms with Gasteiger partial charge >= 0.3 is 0 Å². The van der Waals surface area contributed by atoms with E-state index >= 15 is 0 Å². The number of carbonyl (C=O) groups excluding carboxylic acids is 3. The van der Waals surface area contributed by atoms with Gasteiger partial charge in [-0.05, 0) is 56.2 Å². The van der Waals surface area contributed by atoms with E-state index in [1.165, 1.54) is 12.1 Å². The third-order valence-electron chi connectivity index (χ3n) is 6.49. The van der Waals surface area contributed by atoms with Crippen LogP contribution in [0.1, 0.15) is 57.6 Å². The van der Waals surface area contributed by atoms with Crippen LogP contribution >= 0.6 is 0 Å². The molecule has 2 N–H and O–H groups in total. The minimum absolute atomic E-state index is 0.0586. The highest BCUT2D eigenvalue weighted by atomic mass is 19.1. The Morgan fingerprint density at radius 1 is 1.13 bits per heavy atom. The van der Waals surface area contributed by atoms with E-state index in [0.717, 1.165) is 31.2 Å². The molecule has 1 aromatic rings. The topological polar surface area (TPSA) is 78.5 Å². The van der Waals surface area contributed by atoms with Gasteiger partial charge in [0.25, 0.3) is 0 Å². The maximum atomic E-state index is 13.3. The van der Waals surface area contributed by atoms with E-state index in [1.807, 2.05) is 6.92 Å². The predicted molar refractivity (Wildman–Crippen MR) is 112 cm³/mol. The number of benzene rings is 1. The molecular formula is C23H32FN3O3. The highest BCUT2D eigenvalue weighted by Crippen LogP contribution is 2.37. The maximum absolute atomic E-state index is 13.3. The summed E-state index contributed by atoms with van der Waals surface area (Å²) in [7, 11) is 1.66. The molecule has 3 rings (SSSR count). The number of hydrogen-bond acceptors (Lipinski definition) is 3. The average Bonchev–Trinajstić information content (AvgIpc) is 3.02. The van der Waals surface area contributed by atoms with Crippen molar-refractivity contribution in [2.24, 2.45) is 17.8 Å². The quantitative estimate of drug-likeness (QED) is 0.747. The van der Waals surface area contributed by atoms with Crippen molar-refractivity contribution in [3.8, 4) is 0 Å². The van der Waals surface area contributed by atoms with Gasteiger partial charge in [-0.3, -0.25) is 14.4 Å². The Balaban J connectivity index is 1.54. The van der Waals surface area contributed by atoms with Crippen LogP contribution in [-0.4, -0.2) is 42.3 Å². The first-order valence-electron chi connectivity index (χ1n) is 10.9. The molecule has 1 aliphatic carbocycles. The molecule has 0 spiro atoms. The summed E-state index contributed by atoms with van der Waals surface area (Å²) in [6.07, 6.45) is 4.11. The van der Waals surface area contributed by atoms with Crippen molar-refractivity contribution < 1.29 is 18.8 Å². The van der Waals surface area contributed by atoms with Crippen molar-refractivity contribution >= 4 is 17.7 Å². The second-order valence-electron chi connectivity index (χ2n) is 8.92. The maximum Gasteiger partial charge on any atom is 0.226 e. The first-order chi connectivity index (χ1) is 14.3. The molecule has 2 fully saturated rings. The first-order valence-corrected chi connectivity index (χ1v) is 10.9. The van der Waals surface area contributed by atoms with Crippen LogP contribution in [0.5, 0.6) is 0 Å². The van der Waals surface area contributed by atoms with Crippen LogP contribution in [-0.2, 0) is 14.4 Å². The lowest BCUT2D eigenvalue weighted by Crippen LogP contribution is -2.46. The molecule has 1 heterocycles. The Hall–Kier alpha value is -2.44. The number of halogens is 1.